The highest BCUT2D eigenvalue weighted by Crippen LogP contribution is 2.27. The number of nitrogens with one attached hydrogen (secondary N) is 1. The molecule has 1 amide bonds. The maximum Gasteiger partial charge on any atom is 0.257 e. The molecule has 0 saturated carbocycles. The van der Waals surface area contributed by atoms with Crippen LogP contribution in [0.1, 0.15) is 57.8 Å². The molecule has 1 aromatic rings. The molecule has 0 radical (unpaired) electrons. The molecule has 1 rings (SSSR count). The van der Waals surface area contributed by atoms with Crippen LogP contribution in [0.4, 0.5) is 0 Å². The minimum Gasteiger partial charge on any atom is -0.482 e. The number of halogens is 2. The number of aldehydes is 1. The standard InChI is InChI=1S/C19H27Cl2NO3/c20-16-10-11-18(17(21)14-16)25-15-19(24)22-12-8-6-4-2-1-3-5-7-9-13-23/h10-11,13-14H,1-9,12,15H2,(H,22,24). The Morgan fingerprint density at radius 3 is 2.28 bits per heavy atom. The van der Waals surface area contributed by atoms with Crippen LogP contribution in [0.5, 0.6) is 5.75 Å². The molecule has 6 heteroatoms. The maximum atomic E-state index is 11.7. The molecule has 0 aliphatic carbocycles. The summed E-state index contributed by atoms with van der Waals surface area (Å²) in [5.74, 6) is 0.301. The van der Waals surface area contributed by atoms with Crippen molar-refractivity contribution in [2.75, 3.05) is 13.2 Å². The molecule has 1 N–H and O–H groups in total. The first-order valence-electron chi connectivity index (χ1n) is 8.91. The predicted octanol–water partition coefficient (Wildman–Crippen LogP) is 5.20. The van der Waals surface area contributed by atoms with Crippen molar-refractivity contribution in [3.63, 3.8) is 0 Å². The number of hydrogen-bond acceptors (Lipinski definition) is 3. The molecule has 0 aromatic heterocycles. The number of rotatable bonds is 14. The first kappa shape index (κ1) is 21.8. The van der Waals surface area contributed by atoms with E-state index in [1.54, 1.807) is 18.2 Å². The zero-order valence-corrected chi connectivity index (χ0v) is 16.1. The van der Waals surface area contributed by atoms with Crippen molar-refractivity contribution in [3.05, 3.63) is 28.2 Å². The Labute approximate surface area is 160 Å². The van der Waals surface area contributed by atoms with Crippen LogP contribution in [0.2, 0.25) is 10.0 Å². The lowest BCUT2D eigenvalue weighted by Crippen LogP contribution is -2.29. The summed E-state index contributed by atoms with van der Waals surface area (Å²) >= 11 is 11.8. The summed E-state index contributed by atoms with van der Waals surface area (Å²) in [6.45, 7) is 0.609. The van der Waals surface area contributed by atoms with Gasteiger partial charge in [0.1, 0.15) is 12.0 Å². The number of amides is 1. The van der Waals surface area contributed by atoms with Crippen LogP contribution in [-0.4, -0.2) is 25.3 Å². The summed E-state index contributed by atoms with van der Waals surface area (Å²) in [6, 6.07) is 4.90. The van der Waals surface area contributed by atoms with Gasteiger partial charge in [0.25, 0.3) is 5.91 Å². The van der Waals surface area contributed by atoms with Crippen LogP contribution in [0, 0.1) is 0 Å². The lowest BCUT2D eigenvalue weighted by atomic mass is 10.1. The molecule has 25 heavy (non-hydrogen) atoms. The van der Waals surface area contributed by atoms with E-state index in [-0.39, 0.29) is 12.5 Å². The second-order valence-electron chi connectivity index (χ2n) is 6.00. The fourth-order valence-corrected chi connectivity index (χ4v) is 2.89. The van der Waals surface area contributed by atoms with Gasteiger partial charge >= 0.3 is 0 Å². The van der Waals surface area contributed by atoms with Crippen molar-refractivity contribution >= 4 is 35.4 Å². The molecular weight excluding hydrogens is 361 g/mol. The molecule has 0 bridgehead atoms. The molecule has 0 spiro atoms. The highest BCUT2D eigenvalue weighted by Gasteiger charge is 2.06. The van der Waals surface area contributed by atoms with Crippen molar-refractivity contribution in [1.29, 1.82) is 0 Å². The van der Waals surface area contributed by atoms with Gasteiger partial charge in [0.15, 0.2) is 6.61 Å². The van der Waals surface area contributed by atoms with Gasteiger partial charge in [0, 0.05) is 18.0 Å². The van der Waals surface area contributed by atoms with Gasteiger partial charge in [-0.1, -0.05) is 61.7 Å². The maximum absolute atomic E-state index is 11.7. The first-order valence-corrected chi connectivity index (χ1v) is 9.67. The number of carbonyl (C=O) groups is 2. The number of unbranched alkanes of at least 4 members (excludes halogenated alkanes) is 8. The zero-order valence-electron chi connectivity index (χ0n) is 14.6. The second-order valence-corrected chi connectivity index (χ2v) is 6.84. The van der Waals surface area contributed by atoms with Gasteiger partial charge in [0.2, 0.25) is 0 Å². The second kappa shape index (κ2) is 14.0. The molecular formula is C19H27Cl2NO3. The van der Waals surface area contributed by atoms with Gasteiger partial charge in [-0.05, 0) is 31.0 Å². The molecule has 4 nitrogen and oxygen atoms in total. The molecule has 0 aliphatic heterocycles. The van der Waals surface area contributed by atoms with Gasteiger partial charge in [-0.2, -0.15) is 0 Å². The highest BCUT2D eigenvalue weighted by molar-refractivity contribution is 6.35. The monoisotopic (exact) mass is 387 g/mol. The molecule has 0 unspecified atom stereocenters. The molecule has 1 aromatic carbocycles. The van der Waals surface area contributed by atoms with Gasteiger partial charge in [0.05, 0.1) is 5.02 Å². The van der Waals surface area contributed by atoms with Gasteiger partial charge < -0.3 is 14.8 Å². The summed E-state index contributed by atoms with van der Waals surface area (Å²) in [7, 11) is 0. The average molecular weight is 388 g/mol. The van der Waals surface area contributed by atoms with Crippen molar-refractivity contribution in [2.24, 2.45) is 0 Å². The van der Waals surface area contributed by atoms with Crippen molar-refractivity contribution in [2.45, 2.75) is 57.8 Å². The summed E-state index contributed by atoms with van der Waals surface area (Å²) in [5.41, 5.74) is 0. The highest BCUT2D eigenvalue weighted by atomic mass is 35.5. The molecule has 0 aliphatic rings. The minimum atomic E-state index is -0.152. The minimum absolute atomic E-state index is 0.0534. The van der Waals surface area contributed by atoms with Crippen LogP contribution in [0.15, 0.2) is 18.2 Å². The van der Waals surface area contributed by atoms with E-state index in [1.165, 1.54) is 25.7 Å². The van der Waals surface area contributed by atoms with E-state index in [9.17, 15) is 9.59 Å². The van der Waals surface area contributed by atoms with E-state index in [2.05, 4.69) is 5.32 Å². The average Bonchev–Trinajstić information content (AvgIpc) is 2.59. The third-order valence-electron chi connectivity index (χ3n) is 3.82. The van der Waals surface area contributed by atoms with E-state index in [4.69, 9.17) is 27.9 Å². The summed E-state index contributed by atoms with van der Waals surface area (Å²) in [5, 5.41) is 3.77. The van der Waals surface area contributed by atoms with Crippen LogP contribution in [0.3, 0.4) is 0 Å². The Hall–Kier alpha value is -1.26. The lowest BCUT2D eigenvalue weighted by molar-refractivity contribution is -0.123. The fraction of sp³-hybridized carbons (Fsp3) is 0.579. The summed E-state index contributed by atoms with van der Waals surface area (Å²) < 4.78 is 5.38. The Morgan fingerprint density at radius 2 is 1.64 bits per heavy atom. The number of ether oxygens (including phenoxy) is 1. The van der Waals surface area contributed by atoms with Gasteiger partial charge in [-0.25, -0.2) is 0 Å². The van der Waals surface area contributed by atoms with E-state index in [0.29, 0.717) is 28.8 Å². The van der Waals surface area contributed by atoms with Crippen LogP contribution in [-0.2, 0) is 9.59 Å². The molecule has 0 saturated heterocycles. The molecule has 0 heterocycles. The number of hydrogen-bond donors (Lipinski definition) is 1. The Kier molecular flexibility index (Phi) is 12.2. The number of carbonyl (C=O) groups excluding carboxylic acids is 2. The van der Waals surface area contributed by atoms with Crippen molar-refractivity contribution in [1.82, 2.24) is 5.32 Å². The number of benzene rings is 1. The smallest absolute Gasteiger partial charge is 0.257 e. The first-order chi connectivity index (χ1) is 12.1. The predicted molar refractivity (Wildman–Crippen MR) is 103 cm³/mol. The Bertz CT molecular complexity index is 523. The summed E-state index contributed by atoms with van der Waals surface area (Å²) in [6.07, 6.45) is 10.7. The topological polar surface area (TPSA) is 55.4 Å². The summed E-state index contributed by atoms with van der Waals surface area (Å²) in [4.78, 5) is 21.9. The SMILES string of the molecule is O=CCCCCCCCCCCNC(=O)COc1ccc(Cl)cc1Cl. The largest absolute Gasteiger partial charge is 0.482 e. The van der Waals surface area contributed by atoms with Crippen LogP contribution in [0.25, 0.3) is 0 Å². The van der Waals surface area contributed by atoms with Gasteiger partial charge in [-0.3, -0.25) is 4.79 Å². The van der Waals surface area contributed by atoms with E-state index < -0.39 is 0 Å². The van der Waals surface area contributed by atoms with E-state index >= 15 is 0 Å². The van der Waals surface area contributed by atoms with Crippen LogP contribution >= 0.6 is 23.2 Å². The van der Waals surface area contributed by atoms with Crippen molar-refractivity contribution < 1.29 is 14.3 Å². The van der Waals surface area contributed by atoms with Gasteiger partial charge in [-0.15, -0.1) is 0 Å². The third kappa shape index (κ3) is 11.1. The van der Waals surface area contributed by atoms with E-state index in [0.717, 1.165) is 32.0 Å². The quantitative estimate of drug-likeness (QED) is 0.352. The van der Waals surface area contributed by atoms with Crippen molar-refractivity contribution in [3.8, 4) is 5.75 Å². The molecule has 0 atom stereocenters. The molecule has 140 valence electrons. The zero-order chi connectivity index (χ0) is 18.3. The lowest BCUT2D eigenvalue weighted by Gasteiger charge is -2.09. The molecule has 0 fully saturated rings. The fourth-order valence-electron chi connectivity index (χ4n) is 2.43. The Morgan fingerprint density at radius 1 is 1.00 bits per heavy atom. The van der Waals surface area contributed by atoms with E-state index in [1.807, 2.05) is 0 Å². The normalized spacial score (nSPS) is 10.5. The van der Waals surface area contributed by atoms with Crippen LogP contribution < -0.4 is 10.1 Å². The Balaban J connectivity index is 1.96. The third-order valence-corrected chi connectivity index (χ3v) is 4.35.